The third kappa shape index (κ3) is 3.39. The second kappa shape index (κ2) is 6.82. The molecule has 1 aromatic rings. The van der Waals surface area contributed by atoms with Crippen LogP contribution >= 0.6 is 0 Å². The number of carbonyl (C=O) groups is 2. The Morgan fingerprint density at radius 2 is 2.00 bits per heavy atom. The minimum atomic E-state index is -0.988. The van der Waals surface area contributed by atoms with E-state index in [1.54, 1.807) is 7.05 Å². The first kappa shape index (κ1) is 16.8. The molecule has 0 aliphatic carbocycles. The van der Waals surface area contributed by atoms with Crippen LogP contribution in [0.15, 0.2) is 18.2 Å². The molecule has 2 aliphatic rings. The van der Waals surface area contributed by atoms with Crippen LogP contribution in [0, 0.1) is 11.6 Å². The van der Waals surface area contributed by atoms with Crippen molar-refractivity contribution in [3.63, 3.8) is 0 Å². The summed E-state index contributed by atoms with van der Waals surface area (Å²) in [5.74, 6) is -2.44. The number of likely N-dealkylation sites (tertiary alicyclic amines) is 1. The van der Waals surface area contributed by atoms with Crippen molar-refractivity contribution in [1.29, 1.82) is 0 Å². The standard InChI is InChI=1S/C16H18F2N2O4/c1-20-14(22)7-12(19-13(21)8-15-23-4-5-24-15)16(20)9-2-3-10(17)11(18)6-9/h2-3,6,12,15-16H,4-5,7-8H2,1H3,(H,19,21)/t12-,16+/m0/s1. The molecule has 2 saturated heterocycles. The lowest BCUT2D eigenvalue weighted by molar-refractivity contribution is -0.130. The Labute approximate surface area is 137 Å². The number of hydrogen-bond donors (Lipinski definition) is 1. The molecule has 24 heavy (non-hydrogen) atoms. The van der Waals surface area contributed by atoms with Crippen molar-refractivity contribution in [3.05, 3.63) is 35.4 Å². The van der Waals surface area contributed by atoms with Crippen LogP contribution in [-0.4, -0.2) is 49.3 Å². The first-order valence-corrected chi connectivity index (χ1v) is 7.69. The largest absolute Gasteiger partial charge is 0.350 e. The minimum Gasteiger partial charge on any atom is -0.350 e. The molecule has 0 unspecified atom stereocenters. The number of benzene rings is 1. The van der Waals surface area contributed by atoms with Gasteiger partial charge in [0.05, 0.1) is 31.7 Å². The number of carbonyl (C=O) groups excluding carboxylic acids is 2. The summed E-state index contributed by atoms with van der Waals surface area (Å²) < 4.78 is 37.1. The van der Waals surface area contributed by atoms with Gasteiger partial charge in [-0.2, -0.15) is 0 Å². The number of likely N-dealkylation sites (N-methyl/N-ethyl adjacent to an activating group) is 1. The van der Waals surface area contributed by atoms with E-state index in [2.05, 4.69) is 5.32 Å². The quantitative estimate of drug-likeness (QED) is 0.892. The van der Waals surface area contributed by atoms with E-state index in [9.17, 15) is 18.4 Å². The predicted molar refractivity (Wildman–Crippen MR) is 78.7 cm³/mol. The zero-order valence-corrected chi connectivity index (χ0v) is 13.1. The molecule has 1 N–H and O–H groups in total. The van der Waals surface area contributed by atoms with Crippen LogP contribution in [0.2, 0.25) is 0 Å². The van der Waals surface area contributed by atoms with Gasteiger partial charge in [-0.05, 0) is 17.7 Å². The molecular formula is C16H18F2N2O4. The molecule has 0 radical (unpaired) electrons. The molecule has 2 atom stereocenters. The number of rotatable bonds is 4. The van der Waals surface area contributed by atoms with Gasteiger partial charge in [-0.3, -0.25) is 9.59 Å². The SMILES string of the molecule is CN1C(=O)C[C@H](NC(=O)CC2OCCO2)[C@H]1c1ccc(F)c(F)c1. The summed E-state index contributed by atoms with van der Waals surface area (Å²) in [5.41, 5.74) is 0.431. The number of halogens is 2. The van der Waals surface area contributed by atoms with E-state index in [4.69, 9.17) is 9.47 Å². The molecule has 0 spiro atoms. The second-order valence-electron chi connectivity index (χ2n) is 5.88. The molecule has 2 fully saturated rings. The second-order valence-corrected chi connectivity index (χ2v) is 5.88. The van der Waals surface area contributed by atoms with Crippen LogP contribution in [0.1, 0.15) is 24.4 Å². The molecule has 8 heteroatoms. The van der Waals surface area contributed by atoms with Crippen molar-refractivity contribution >= 4 is 11.8 Å². The van der Waals surface area contributed by atoms with E-state index < -0.39 is 30.0 Å². The lowest BCUT2D eigenvalue weighted by Crippen LogP contribution is -2.40. The van der Waals surface area contributed by atoms with Gasteiger partial charge in [0.2, 0.25) is 11.8 Å². The Morgan fingerprint density at radius 1 is 1.29 bits per heavy atom. The molecule has 1 aromatic carbocycles. The van der Waals surface area contributed by atoms with Gasteiger partial charge in [0.15, 0.2) is 17.9 Å². The molecule has 2 heterocycles. The van der Waals surface area contributed by atoms with Crippen LogP contribution in [0.4, 0.5) is 8.78 Å². The highest BCUT2D eigenvalue weighted by atomic mass is 19.2. The fourth-order valence-electron chi connectivity index (χ4n) is 3.09. The maximum atomic E-state index is 13.5. The van der Waals surface area contributed by atoms with Gasteiger partial charge < -0.3 is 19.7 Å². The lowest BCUT2D eigenvalue weighted by Gasteiger charge is -2.26. The Bertz CT molecular complexity index is 649. The fraction of sp³-hybridized carbons (Fsp3) is 0.500. The monoisotopic (exact) mass is 340 g/mol. The van der Waals surface area contributed by atoms with Crippen LogP contribution in [0.3, 0.4) is 0 Å². The summed E-state index contributed by atoms with van der Waals surface area (Å²) >= 11 is 0. The van der Waals surface area contributed by atoms with Crippen LogP contribution in [-0.2, 0) is 19.1 Å². The summed E-state index contributed by atoms with van der Waals surface area (Å²) in [7, 11) is 1.57. The third-order valence-electron chi connectivity index (χ3n) is 4.26. The molecule has 2 amide bonds. The van der Waals surface area contributed by atoms with Crippen LogP contribution < -0.4 is 5.32 Å². The van der Waals surface area contributed by atoms with Crippen molar-refractivity contribution < 1.29 is 27.8 Å². The number of amides is 2. The lowest BCUT2D eigenvalue weighted by atomic mass is 9.99. The highest BCUT2D eigenvalue weighted by Gasteiger charge is 2.40. The van der Waals surface area contributed by atoms with Crippen LogP contribution in [0.25, 0.3) is 0 Å². The summed E-state index contributed by atoms with van der Waals surface area (Å²) in [5, 5.41) is 2.77. The molecule has 130 valence electrons. The first-order valence-electron chi connectivity index (χ1n) is 7.69. The van der Waals surface area contributed by atoms with Crippen molar-refractivity contribution in [1.82, 2.24) is 10.2 Å². The highest BCUT2D eigenvalue weighted by Crippen LogP contribution is 2.32. The molecular weight excluding hydrogens is 322 g/mol. The first-order chi connectivity index (χ1) is 11.5. The zero-order chi connectivity index (χ0) is 17.3. The Kier molecular flexibility index (Phi) is 4.77. The third-order valence-corrected chi connectivity index (χ3v) is 4.26. The molecule has 2 aliphatic heterocycles. The van der Waals surface area contributed by atoms with Crippen molar-refractivity contribution in [2.75, 3.05) is 20.3 Å². The Morgan fingerprint density at radius 3 is 2.67 bits per heavy atom. The smallest absolute Gasteiger partial charge is 0.225 e. The maximum Gasteiger partial charge on any atom is 0.225 e. The van der Waals surface area contributed by atoms with Crippen molar-refractivity contribution in [2.45, 2.75) is 31.2 Å². The normalized spacial score (nSPS) is 24.6. The van der Waals surface area contributed by atoms with E-state index in [1.165, 1.54) is 11.0 Å². The number of hydrogen-bond acceptors (Lipinski definition) is 4. The average molecular weight is 340 g/mol. The average Bonchev–Trinajstić information content (AvgIpc) is 3.12. The summed E-state index contributed by atoms with van der Waals surface area (Å²) in [4.78, 5) is 25.6. The molecule has 0 saturated carbocycles. The number of nitrogens with zero attached hydrogens (tertiary/aromatic N) is 1. The van der Waals surface area contributed by atoms with E-state index in [0.29, 0.717) is 18.8 Å². The fourth-order valence-corrected chi connectivity index (χ4v) is 3.09. The predicted octanol–water partition coefficient (Wildman–Crippen LogP) is 1.12. The summed E-state index contributed by atoms with van der Waals surface area (Å²) in [6.07, 6.45) is -0.460. The van der Waals surface area contributed by atoms with Gasteiger partial charge in [-0.25, -0.2) is 8.78 Å². The topological polar surface area (TPSA) is 67.9 Å². The van der Waals surface area contributed by atoms with Crippen LogP contribution in [0.5, 0.6) is 0 Å². The highest BCUT2D eigenvalue weighted by molar-refractivity contribution is 5.83. The summed E-state index contributed by atoms with van der Waals surface area (Å²) in [6, 6.07) is 2.40. The van der Waals surface area contributed by atoms with E-state index in [1.807, 2.05) is 0 Å². The van der Waals surface area contributed by atoms with Gasteiger partial charge in [-0.15, -0.1) is 0 Å². The van der Waals surface area contributed by atoms with Gasteiger partial charge >= 0.3 is 0 Å². The minimum absolute atomic E-state index is 0.0267. The molecule has 6 nitrogen and oxygen atoms in total. The van der Waals surface area contributed by atoms with E-state index >= 15 is 0 Å². The van der Waals surface area contributed by atoms with Gasteiger partial charge in [0.25, 0.3) is 0 Å². The number of ether oxygens (including phenoxy) is 2. The van der Waals surface area contributed by atoms with Gasteiger partial charge in [0.1, 0.15) is 0 Å². The zero-order valence-electron chi connectivity index (χ0n) is 13.1. The molecule has 0 bridgehead atoms. The van der Waals surface area contributed by atoms with E-state index in [-0.39, 0.29) is 24.7 Å². The van der Waals surface area contributed by atoms with Gasteiger partial charge in [-0.1, -0.05) is 6.07 Å². The van der Waals surface area contributed by atoms with Gasteiger partial charge in [0, 0.05) is 13.5 Å². The molecule has 3 rings (SSSR count). The Hall–Kier alpha value is -2.06. The van der Waals surface area contributed by atoms with E-state index in [0.717, 1.165) is 12.1 Å². The van der Waals surface area contributed by atoms with Crippen molar-refractivity contribution in [2.24, 2.45) is 0 Å². The number of nitrogens with one attached hydrogen (secondary N) is 1. The Balaban J connectivity index is 1.73. The van der Waals surface area contributed by atoms with Crippen molar-refractivity contribution in [3.8, 4) is 0 Å². The summed E-state index contributed by atoms with van der Waals surface area (Å²) in [6.45, 7) is 0.889. The molecule has 0 aromatic heterocycles. The maximum absolute atomic E-state index is 13.5.